The first-order valence-electron chi connectivity index (χ1n) is 4.79. The number of benzene rings is 1. The van der Waals surface area contributed by atoms with Crippen LogP contribution < -0.4 is 5.32 Å². The highest BCUT2D eigenvalue weighted by atomic mass is 16.5. The Kier molecular flexibility index (Phi) is 2.55. The number of ether oxygens (including phenoxy) is 1. The molecule has 1 heterocycles. The summed E-state index contributed by atoms with van der Waals surface area (Å²) in [6.45, 7) is 0.911. The molecule has 1 N–H and O–H groups in total. The highest BCUT2D eigenvalue weighted by Gasteiger charge is 2.18. The van der Waals surface area contributed by atoms with Crippen molar-refractivity contribution >= 4 is 13.0 Å². The van der Waals surface area contributed by atoms with Gasteiger partial charge in [0.2, 0.25) is 0 Å². The van der Waals surface area contributed by atoms with Gasteiger partial charge in [0, 0.05) is 19.3 Å². The van der Waals surface area contributed by atoms with Crippen LogP contribution in [-0.4, -0.2) is 20.9 Å². The van der Waals surface area contributed by atoms with E-state index in [0.717, 1.165) is 19.6 Å². The lowest BCUT2D eigenvalue weighted by Crippen LogP contribution is -2.02. The van der Waals surface area contributed by atoms with E-state index in [4.69, 9.17) is 4.74 Å². The fourth-order valence-corrected chi connectivity index (χ4v) is 1.73. The highest BCUT2D eigenvalue weighted by molar-refractivity contribution is 6.38. The average Bonchev–Trinajstić information content (AvgIpc) is 2.71. The molecule has 1 saturated heterocycles. The smallest absolute Gasteiger partial charge is 0.165 e. The molecule has 1 aliphatic heterocycles. The Morgan fingerprint density at radius 2 is 2.46 bits per heavy atom. The molecule has 2 rings (SSSR count). The van der Waals surface area contributed by atoms with E-state index in [1.165, 1.54) is 11.9 Å². The summed E-state index contributed by atoms with van der Waals surface area (Å²) in [4.78, 5) is 0. The number of hydrogen-bond donors (Lipinski definition) is 1. The molecule has 68 valence electrons. The van der Waals surface area contributed by atoms with Crippen LogP contribution in [0.1, 0.15) is 11.6 Å². The molecule has 0 radical (unpaired) electrons. The molecule has 2 nitrogen and oxygen atoms in total. The lowest BCUT2D eigenvalue weighted by Gasteiger charge is -2.10. The van der Waals surface area contributed by atoms with E-state index in [1.54, 1.807) is 0 Å². The Hall–Kier alpha value is -0.955. The Morgan fingerprint density at radius 3 is 3.15 bits per heavy atom. The standard InChI is InChI=1S/C10H14BNO/c1-12-9-4-2-3-8(7-9)10-11-5-6-13-10/h2-4,7,10-12H,5-6H2,1H3. The number of hydrogen-bond acceptors (Lipinski definition) is 2. The van der Waals surface area contributed by atoms with Gasteiger partial charge in [-0.25, -0.2) is 0 Å². The van der Waals surface area contributed by atoms with E-state index in [-0.39, 0.29) is 0 Å². The molecule has 1 fully saturated rings. The lowest BCUT2D eigenvalue weighted by molar-refractivity contribution is 0.140. The van der Waals surface area contributed by atoms with Crippen molar-refractivity contribution in [1.82, 2.24) is 0 Å². The Balaban J connectivity index is 2.18. The van der Waals surface area contributed by atoms with E-state index in [0.29, 0.717) is 6.00 Å². The summed E-state index contributed by atoms with van der Waals surface area (Å²) in [5.74, 6) is 0. The summed E-state index contributed by atoms with van der Waals surface area (Å²) in [6, 6.07) is 8.77. The summed E-state index contributed by atoms with van der Waals surface area (Å²) in [6.07, 6.45) is 1.19. The van der Waals surface area contributed by atoms with Crippen molar-refractivity contribution in [3.8, 4) is 0 Å². The van der Waals surface area contributed by atoms with Crippen molar-refractivity contribution < 1.29 is 4.74 Å². The summed E-state index contributed by atoms with van der Waals surface area (Å²) >= 11 is 0. The molecular formula is C10H14BNO. The van der Waals surface area contributed by atoms with Gasteiger partial charge in [-0.1, -0.05) is 18.5 Å². The van der Waals surface area contributed by atoms with Gasteiger partial charge in [-0.05, 0) is 17.7 Å². The molecule has 3 heteroatoms. The number of anilines is 1. The first-order valence-corrected chi connectivity index (χ1v) is 4.79. The minimum atomic E-state index is 0.327. The monoisotopic (exact) mass is 175 g/mol. The van der Waals surface area contributed by atoms with Gasteiger partial charge in [0.25, 0.3) is 0 Å². The second-order valence-corrected chi connectivity index (χ2v) is 3.38. The lowest BCUT2D eigenvalue weighted by atomic mass is 9.68. The van der Waals surface area contributed by atoms with Gasteiger partial charge in [0.15, 0.2) is 7.28 Å². The van der Waals surface area contributed by atoms with Crippen molar-refractivity contribution in [2.24, 2.45) is 0 Å². The molecule has 0 bridgehead atoms. The van der Waals surface area contributed by atoms with Gasteiger partial charge in [-0.3, -0.25) is 0 Å². The third-order valence-electron chi connectivity index (χ3n) is 2.48. The second-order valence-electron chi connectivity index (χ2n) is 3.38. The largest absolute Gasteiger partial charge is 0.388 e. The number of nitrogens with one attached hydrogen (secondary N) is 1. The quantitative estimate of drug-likeness (QED) is 0.689. The zero-order chi connectivity index (χ0) is 9.10. The van der Waals surface area contributed by atoms with Crippen LogP contribution in [0, 0.1) is 0 Å². The fraction of sp³-hybridized carbons (Fsp3) is 0.400. The average molecular weight is 175 g/mol. The van der Waals surface area contributed by atoms with Gasteiger partial charge in [0.05, 0.1) is 6.00 Å². The van der Waals surface area contributed by atoms with Crippen molar-refractivity contribution in [3.63, 3.8) is 0 Å². The topological polar surface area (TPSA) is 21.3 Å². The molecule has 0 aliphatic carbocycles. The van der Waals surface area contributed by atoms with Gasteiger partial charge in [-0.15, -0.1) is 0 Å². The van der Waals surface area contributed by atoms with Crippen molar-refractivity contribution in [2.45, 2.75) is 12.3 Å². The molecule has 1 atom stereocenters. The summed E-state index contributed by atoms with van der Waals surface area (Å²) in [5.41, 5.74) is 2.46. The molecule has 1 aromatic rings. The Labute approximate surface area is 79.5 Å². The van der Waals surface area contributed by atoms with Crippen molar-refractivity contribution in [1.29, 1.82) is 0 Å². The summed E-state index contributed by atoms with van der Waals surface area (Å²) in [7, 11) is 3.10. The van der Waals surface area contributed by atoms with Crippen LogP contribution in [0.3, 0.4) is 0 Å². The van der Waals surface area contributed by atoms with Crippen molar-refractivity contribution in [2.75, 3.05) is 19.0 Å². The van der Waals surface area contributed by atoms with E-state index < -0.39 is 0 Å². The summed E-state index contributed by atoms with van der Waals surface area (Å²) in [5, 5.41) is 3.14. The molecule has 0 aromatic heterocycles. The molecule has 0 amide bonds. The maximum Gasteiger partial charge on any atom is 0.165 e. The van der Waals surface area contributed by atoms with Crippen molar-refractivity contribution in [3.05, 3.63) is 29.8 Å². The number of rotatable bonds is 2. The SMILES string of the molecule is CNc1cccc(C2BCCO2)c1. The maximum absolute atomic E-state index is 5.61. The van der Waals surface area contributed by atoms with E-state index in [2.05, 4.69) is 29.6 Å². The molecule has 0 saturated carbocycles. The third-order valence-corrected chi connectivity index (χ3v) is 2.48. The van der Waals surface area contributed by atoms with E-state index >= 15 is 0 Å². The third kappa shape index (κ3) is 1.86. The van der Waals surface area contributed by atoms with E-state index in [9.17, 15) is 0 Å². The van der Waals surface area contributed by atoms with Gasteiger partial charge >= 0.3 is 0 Å². The minimum Gasteiger partial charge on any atom is -0.388 e. The van der Waals surface area contributed by atoms with Gasteiger partial charge in [0.1, 0.15) is 0 Å². The molecule has 1 aromatic carbocycles. The second kappa shape index (κ2) is 3.84. The summed E-state index contributed by atoms with van der Waals surface area (Å²) < 4.78 is 5.61. The maximum atomic E-state index is 5.61. The predicted molar refractivity (Wildman–Crippen MR) is 56.6 cm³/mol. The van der Waals surface area contributed by atoms with Crippen LogP contribution >= 0.6 is 0 Å². The molecular weight excluding hydrogens is 161 g/mol. The van der Waals surface area contributed by atoms with Crippen LogP contribution in [-0.2, 0) is 4.74 Å². The van der Waals surface area contributed by atoms with Crippen LogP contribution in [0.25, 0.3) is 0 Å². The minimum absolute atomic E-state index is 0.327. The van der Waals surface area contributed by atoms with Gasteiger partial charge in [-0.2, -0.15) is 0 Å². The van der Waals surface area contributed by atoms with Crippen LogP contribution in [0.4, 0.5) is 5.69 Å². The zero-order valence-electron chi connectivity index (χ0n) is 7.92. The zero-order valence-corrected chi connectivity index (χ0v) is 7.92. The predicted octanol–water partition coefficient (Wildman–Crippen LogP) is 1.61. The van der Waals surface area contributed by atoms with E-state index in [1.807, 2.05) is 7.05 Å². The van der Waals surface area contributed by atoms with Crippen LogP contribution in [0.2, 0.25) is 6.32 Å². The Bertz CT molecular complexity index is 284. The van der Waals surface area contributed by atoms with Crippen LogP contribution in [0.15, 0.2) is 24.3 Å². The first-order chi connectivity index (χ1) is 6.40. The Morgan fingerprint density at radius 1 is 1.54 bits per heavy atom. The molecule has 1 aliphatic rings. The first kappa shape index (κ1) is 8.63. The fourth-order valence-electron chi connectivity index (χ4n) is 1.73. The van der Waals surface area contributed by atoms with Gasteiger partial charge < -0.3 is 10.1 Å². The molecule has 1 unspecified atom stereocenters. The molecule has 13 heavy (non-hydrogen) atoms. The normalized spacial score (nSPS) is 21.2. The molecule has 0 spiro atoms. The highest BCUT2D eigenvalue weighted by Crippen LogP contribution is 2.24. The van der Waals surface area contributed by atoms with Crippen LogP contribution in [0.5, 0.6) is 0 Å².